The molecule has 0 aliphatic carbocycles. The molecule has 6 heteroatoms. The molecule has 0 N–H and O–H groups in total. The number of para-hydroxylation sites is 4. The third-order valence-electron chi connectivity index (χ3n) is 10.9. The van der Waals surface area contributed by atoms with Gasteiger partial charge in [-0.05, 0) is 51.5 Å². The Hall–Kier alpha value is -6.17. The molecule has 1 aliphatic heterocycles. The summed E-state index contributed by atoms with van der Waals surface area (Å²) in [7, 11) is -1.63. The van der Waals surface area contributed by atoms with Crippen molar-refractivity contribution >= 4 is 68.5 Å². The number of aromatic nitrogens is 1. The number of hydrogen-bond donors (Lipinski definition) is 0. The Morgan fingerprint density at radius 1 is 0.569 bits per heavy atom. The van der Waals surface area contributed by atoms with Crippen LogP contribution in [0, 0.1) is 12.1 Å². The molecule has 4 nitrogen and oxygen atoms in total. The van der Waals surface area contributed by atoms with Crippen molar-refractivity contribution in [3.63, 3.8) is 0 Å². The molecule has 0 fully saturated rings. The summed E-state index contributed by atoms with van der Waals surface area (Å²) in [6.07, 6.45) is 2.07. The van der Waals surface area contributed by atoms with Crippen molar-refractivity contribution in [2.24, 2.45) is 4.99 Å². The van der Waals surface area contributed by atoms with Crippen LogP contribution in [0.25, 0.3) is 66.3 Å². The van der Waals surface area contributed by atoms with Crippen molar-refractivity contribution in [1.29, 1.82) is 0 Å². The van der Waals surface area contributed by atoms with Crippen LogP contribution >= 0.6 is 0 Å². The van der Waals surface area contributed by atoms with Crippen LogP contribution in [0.3, 0.4) is 0 Å². The van der Waals surface area contributed by atoms with Crippen molar-refractivity contribution in [2.45, 2.75) is 25.6 Å². The van der Waals surface area contributed by atoms with Crippen molar-refractivity contribution in [3.05, 3.63) is 199 Å². The molecule has 283 valence electrons. The number of fused-ring (bicyclic) bond motifs is 7. The second-order valence-corrected chi connectivity index (χ2v) is 20.6. The van der Waals surface area contributed by atoms with Crippen molar-refractivity contribution in [3.8, 4) is 22.4 Å². The summed E-state index contributed by atoms with van der Waals surface area (Å²) in [5.41, 5.74) is 13.3. The zero-order valence-electron chi connectivity index (χ0n) is 32.3. The number of hydrogen-bond acceptors (Lipinski definition) is 4. The SMILES string of the molecule is C[Si](C)(C)c1cnc(-c2[c-]cccc2)cc1-c1cccc2c1oc1ccccc12.[Ir].[c-]1ccc2c(oc3ccccc32)c1C1=Nc2ccccc2C1c1ccccc1. The average molecular weight is 943 g/mol. The van der Waals surface area contributed by atoms with Gasteiger partial charge >= 0.3 is 0 Å². The largest absolute Gasteiger partial charge is 0.501 e. The fourth-order valence-electron chi connectivity index (χ4n) is 8.17. The van der Waals surface area contributed by atoms with E-state index in [9.17, 15) is 0 Å². The summed E-state index contributed by atoms with van der Waals surface area (Å²) in [4.78, 5) is 9.82. The molecule has 7 aromatic carbocycles. The van der Waals surface area contributed by atoms with Crippen LogP contribution in [0.2, 0.25) is 19.6 Å². The van der Waals surface area contributed by atoms with Crippen LogP contribution in [0.4, 0.5) is 5.69 Å². The summed E-state index contributed by atoms with van der Waals surface area (Å²) < 4.78 is 12.6. The van der Waals surface area contributed by atoms with Crippen LogP contribution in [0.1, 0.15) is 22.6 Å². The van der Waals surface area contributed by atoms with Crippen LogP contribution in [-0.4, -0.2) is 18.8 Å². The predicted molar refractivity (Wildman–Crippen MR) is 238 cm³/mol. The molecule has 0 bridgehead atoms. The summed E-state index contributed by atoms with van der Waals surface area (Å²) in [5.74, 6) is 0.0764. The Morgan fingerprint density at radius 3 is 1.97 bits per heavy atom. The molecule has 0 spiro atoms. The van der Waals surface area contributed by atoms with Crippen LogP contribution in [0.5, 0.6) is 0 Å². The maximum atomic E-state index is 6.34. The van der Waals surface area contributed by atoms with Gasteiger partial charge < -0.3 is 13.8 Å². The molecule has 10 aromatic rings. The van der Waals surface area contributed by atoms with Gasteiger partial charge in [-0.15, -0.1) is 54.1 Å². The van der Waals surface area contributed by atoms with E-state index in [-0.39, 0.29) is 26.0 Å². The Morgan fingerprint density at radius 2 is 1.22 bits per heavy atom. The van der Waals surface area contributed by atoms with Gasteiger partial charge in [-0.2, -0.15) is 0 Å². The van der Waals surface area contributed by atoms with Gasteiger partial charge in [0.2, 0.25) is 0 Å². The van der Waals surface area contributed by atoms with E-state index in [0.29, 0.717) is 0 Å². The number of nitrogens with zero attached hydrogens (tertiary/aromatic N) is 2. The summed E-state index contributed by atoms with van der Waals surface area (Å²) >= 11 is 0. The molecule has 0 saturated carbocycles. The summed E-state index contributed by atoms with van der Waals surface area (Å²) in [5, 5.41) is 5.88. The number of benzene rings is 7. The molecule has 1 atom stereocenters. The predicted octanol–water partition coefficient (Wildman–Crippen LogP) is 13.3. The van der Waals surface area contributed by atoms with Crippen LogP contribution in [0.15, 0.2) is 184 Å². The number of rotatable bonds is 5. The van der Waals surface area contributed by atoms with Gasteiger partial charge in [0.15, 0.2) is 0 Å². The van der Waals surface area contributed by atoms with E-state index >= 15 is 0 Å². The molecule has 1 aliphatic rings. The second kappa shape index (κ2) is 15.3. The molecule has 3 aromatic heterocycles. The first kappa shape index (κ1) is 37.4. The van der Waals surface area contributed by atoms with E-state index in [0.717, 1.165) is 77.7 Å². The molecule has 1 unspecified atom stereocenters. The zero-order chi connectivity index (χ0) is 38.5. The van der Waals surface area contributed by atoms with E-state index in [2.05, 4.69) is 135 Å². The molecule has 11 rings (SSSR count). The van der Waals surface area contributed by atoms with E-state index in [1.165, 1.54) is 21.9 Å². The van der Waals surface area contributed by atoms with Gasteiger partial charge in [0.25, 0.3) is 0 Å². The minimum atomic E-state index is -1.63. The Labute approximate surface area is 352 Å². The molecule has 58 heavy (non-hydrogen) atoms. The maximum Gasteiger partial charge on any atom is 0.143 e. The molecule has 0 amide bonds. The smallest absolute Gasteiger partial charge is 0.143 e. The van der Waals surface area contributed by atoms with Crippen molar-refractivity contribution in [1.82, 2.24) is 4.98 Å². The summed E-state index contributed by atoms with van der Waals surface area (Å²) in [6.45, 7) is 7.09. The topological polar surface area (TPSA) is 51.5 Å². The summed E-state index contributed by atoms with van der Waals surface area (Å²) in [6, 6.07) is 62.8. The van der Waals surface area contributed by atoms with E-state index in [1.54, 1.807) is 0 Å². The molecular formula is C52H38IrN2O2Si-2. The Balaban J connectivity index is 0.000000148. The first-order valence-corrected chi connectivity index (χ1v) is 22.9. The minimum absolute atomic E-state index is 0. The van der Waals surface area contributed by atoms with Crippen LogP contribution < -0.4 is 5.19 Å². The average Bonchev–Trinajstić information content (AvgIpc) is 3.96. The third kappa shape index (κ3) is 6.63. The third-order valence-corrected chi connectivity index (χ3v) is 12.9. The number of furan rings is 2. The fourth-order valence-corrected chi connectivity index (χ4v) is 9.64. The van der Waals surface area contributed by atoms with Gasteiger partial charge in [0.1, 0.15) is 16.7 Å². The maximum absolute atomic E-state index is 6.34. The minimum Gasteiger partial charge on any atom is -0.501 e. The molecule has 4 heterocycles. The van der Waals surface area contributed by atoms with E-state index in [4.69, 9.17) is 18.8 Å². The normalized spacial score (nSPS) is 13.6. The van der Waals surface area contributed by atoms with Gasteiger partial charge in [-0.3, -0.25) is 4.99 Å². The van der Waals surface area contributed by atoms with E-state index < -0.39 is 8.07 Å². The second-order valence-electron chi connectivity index (χ2n) is 15.5. The number of pyridine rings is 1. The standard InChI is InChI=1S/C26H22NOSi.C26H16NO.Ir/c1-29(2,3)25-17-27-23(18-10-5-4-6-11-18)16-22(25)21-14-9-13-20-19-12-7-8-15-24(19)28-26(20)21;1-2-9-17(10-3-1)24-20-12-4-6-15-22(20)27-25(24)21-14-8-13-19-18-11-5-7-16-23(18)28-26(19)21;/h4-10,12-17H,1-3H3;1-13,15-16,24H;/q2*-1;. The van der Waals surface area contributed by atoms with Gasteiger partial charge in [0, 0.05) is 53.9 Å². The Kier molecular flexibility index (Phi) is 9.86. The van der Waals surface area contributed by atoms with Crippen molar-refractivity contribution in [2.75, 3.05) is 0 Å². The van der Waals surface area contributed by atoms with Gasteiger partial charge in [-0.25, -0.2) is 0 Å². The van der Waals surface area contributed by atoms with E-state index in [1.807, 2.05) is 66.7 Å². The molecule has 1 radical (unpaired) electrons. The van der Waals surface area contributed by atoms with Crippen molar-refractivity contribution < 1.29 is 28.9 Å². The monoisotopic (exact) mass is 943 g/mol. The first-order chi connectivity index (χ1) is 27.9. The zero-order valence-corrected chi connectivity index (χ0v) is 35.7. The number of aliphatic imine (C=N–C) groups is 1. The van der Waals surface area contributed by atoms with Gasteiger partial charge in [0.05, 0.1) is 19.3 Å². The van der Waals surface area contributed by atoms with Gasteiger partial charge in [-0.1, -0.05) is 140 Å². The molecule has 0 saturated heterocycles. The first-order valence-electron chi connectivity index (χ1n) is 19.4. The Bertz CT molecular complexity index is 3120. The molecular weight excluding hydrogens is 905 g/mol. The van der Waals surface area contributed by atoms with Crippen LogP contribution in [-0.2, 0) is 20.1 Å². The quantitative estimate of drug-likeness (QED) is 0.128. The fraction of sp³-hybridized carbons (Fsp3) is 0.0769.